The fourth-order valence-electron chi connectivity index (χ4n) is 3.46. The van der Waals surface area contributed by atoms with E-state index in [1.807, 2.05) is 19.1 Å². The molecule has 4 rings (SSSR count). The molecule has 37 heavy (non-hydrogen) atoms. The summed E-state index contributed by atoms with van der Waals surface area (Å²) in [6.07, 6.45) is -4.15. The number of hydrogen-bond donors (Lipinski definition) is 1. The number of halogens is 3. The molecule has 0 saturated heterocycles. The van der Waals surface area contributed by atoms with Crippen LogP contribution in [0.4, 0.5) is 18.9 Å². The molecular weight excluding hydrogens is 491 g/mol. The Morgan fingerprint density at radius 1 is 0.946 bits per heavy atom. The van der Waals surface area contributed by atoms with E-state index in [1.165, 1.54) is 43.5 Å². The van der Waals surface area contributed by atoms with Crippen LogP contribution >= 0.6 is 0 Å². The highest BCUT2D eigenvalue weighted by molar-refractivity contribution is 5.92. The topological polar surface area (TPSA) is 87.0 Å². The van der Waals surface area contributed by atoms with Gasteiger partial charge >= 0.3 is 6.18 Å². The summed E-state index contributed by atoms with van der Waals surface area (Å²) >= 11 is 0. The van der Waals surface area contributed by atoms with Gasteiger partial charge in [0.2, 0.25) is 11.2 Å². The van der Waals surface area contributed by atoms with Gasteiger partial charge in [0, 0.05) is 11.8 Å². The highest BCUT2D eigenvalue weighted by Gasteiger charge is 2.40. The van der Waals surface area contributed by atoms with Crippen molar-refractivity contribution in [3.63, 3.8) is 0 Å². The van der Waals surface area contributed by atoms with Gasteiger partial charge in [0.1, 0.15) is 22.8 Å². The third-order valence-corrected chi connectivity index (χ3v) is 5.37. The molecule has 4 aromatic rings. The van der Waals surface area contributed by atoms with Gasteiger partial charge in [0.15, 0.2) is 6.61 Å². The summed E-state index contributed by atoms with van der Waals surface area (Å²) in [6, 6.07) is 16.7. The van der Waals surface area contributed by atoms with E-state index in [2.05, 4.69) is 5.32 Å². The van der Waals surface area contributed by atoms with Gasteiger partial charge in [-0.05, 0) is 60.5 Å². The van der Waals surface area contributed by atoms with E-state index < -0.39 is 35.6 Å². The van der Waals surface area contributed by atoms with Crippen molar-refractivity contribution in [2.75, 3.05) is 19.0 Å². The van der Waals surface area contributed by atoms with Crippen LogP contribution in [0.15, 0.2) is 75.9 Å². The predicted molar refractivity (Wildman–Crippen MR) is 130 cm³/mol. The summed E-state index contributed by atoms with van der Waals surface area (Å²) in [6.45, 7) is 1.61. The van der Waals surface area contributed by atoms with Crippen molar-refractivity contribution in [1.82, 2.24) is 0 Å². The number of rotatable bonds is 8. The van der Waals surface area contributed by atoms with E-state index >= 15 is 0 Å². The van der Waals surface area contributed by atoms with E-state index in [4.69, 9.17) is 18.6 Å². The second-order valence-electron chi connectivity index (χ2n) is 7.91. The molecule has 0 aliphatic carbocycles. The molecule has 0 saturated carbocycles. The second kappa shape index (κ2) is 10.7. The smallest absolute Gasteiger partial charge is 0.453 e. The molecule has 0 aliphatic heterocycles. The van der Waals surface area contributed by atoms with Crippen molar-refractivity contribution in [2.45, 2.75) is 19.5 Å². The van der Waals surface area contributed by atoms with Crippen molar-refractivity contribution < 1.29 is 36.6 Å². The van der Waals surface area contributed by atoms with Crippen LogP contribution in [0, 0.1) is 0 Å². The minimum absolute atomic E-state index is 0.00625. The molecule has 0 spiro atoms. The molecule has 0 atom stereocenters. The van der Waals surface area contributed by atoms with Gasteiger partial charge in [0.25, 0.3) is 11.7 Å². The Morgan fingerprint density at radius 2 is 1.59 bits per heavy atom. The van der Waals surface area contributed by atoms with Gasteiger partial charge in [-0.3, -0.25) is 9.59 Å². The number of anilines is 1. The minimum atomic E-state index is -5.01. The number of ether oxygens (including phenoxy) is 3. The minimum Gasteiger partial charge on any atom is -0.497 e. The first kappa shape index (κ1) is 25.6. The van der Waals surface area contributed by atoms with Crippen LogP contribution in [0.1, 0.15) is 18.2 Å². The molecule has 1 amide bonds. The number of alkyl halides is 3. The summed E-state index contributed by atoms with van der Waals surface area (Å²) in [5, 5.41) is 2.52. The maximum atomic E-state index is 13.8. The molecule has 3 aromatic carbocycles. The SMILES string of the molecule is CCc1ccc(NC(=O)COc2ccc3c(=O)c(Oc4ccc(OC)cc4)c(C(F)(F)F)oc3c2)cc1. The largest absolute Gasteiger partial charge is 0.497 e. The number of carbonyl (C=O) groups excluding carboxylic acids is 1. The molecule has 1 N–H and O–H groups in total. The van der Waals surface area contributed by atoms with Crippen LogP contribution in [-0.2, 0) is 17.4 Å². The normalized spacial score (nSPS) is 11.3. The van der Waals surface area contributed by atoms with Crippen molar-refractivity contribution in [3.05, 3.63) is 88.3 Å². The lowest BCUT2D eigenvalue weighted by Gasteiger charge is -2.14. The number of carbonyl (C=O) groups is 1. The summed E-state index contributed by atoms with van der Waals surface area (Å²) in [5.41, 5.74) is 0.314. The van der Waals surface area contributed by atoms with Gasteiger partial charge in [-0.2, -0.15) is 13.2 Å². The first-order chi connectivity index (χ1) is 17.7. The first-order valence-corrected chi connectivity index (χ1v) is 11.2. The van der Waals surface area contributed by atoms with E-state index in [0.29, 0.717) is 11.4 Å². The quantitative estimate of drug-likeness (QED) is 0.302. The Hall–Kier alpha value is -4.47. The average molecular weight is 513 g/mol. The van der Waals surface area contributed by atoms with Crippen molar-refractivity contribution in [1.29, 1.82) is 0 Å². The predicted octanol–water partition coefficient (Wildman–Crippen LogP) is 6.19. The lowest BCUT2D eigenvalue weighted by Crippen LogP contribution is -2.20. The zero-order chi connectivity index (χ0) is 26.6. The summed E-state index contributed by atoms with van der Waals surface area (Å²) in [4.78, 5) is 25.2. The van der Waals surface area contributed by atoms with Crippen LogP contribution in [0.3, 0.4) is 0 Å². The lowest BCUT2D eigenvalue weighted by molar-refractivity contribution is -0.154. The zero-order valence-corrected chi connectivity index (χ0v) is 19.8. The summed E-state index contributed by atoms with van der Waals surface area (Å²) in [7, 11) is 1.44. The van der Waals surface area contributed by atoms with E-state index in [0.717, 1.165) is 18.1 Å². The van der Waals surface area contributed by atoms with Crippen LogP contribution in [0.5, 0.6) is 23.0 Å². The highest BCUT2D eigenvalue weighted by Crippen LogP contribution is 2.38. The average Bonchev–Trinajstić information content (AvgIpc) is 2.89. The molecular formula is C27H22F3NO6. The molecule has 0 fully saturated rings. The van der Waals surface area contributed by atoms with Crippen molar-refractivity contribution >= 4 is 22.6 Å². The van der Waals surface area contributed by atoms with Crippen LogP contribution in [0.2, 0.25) is 0 Å². The number of amides is 1. The van der Waals surface area contributed by atoms with Gasteiger partial charge < -0.3 is 23.9 Å². The van der Waals surface area contributed by atoms with E-state index in [1.54, 1.807) is 12.1 Å². The molecule has 0 aliphatic rings. The Morgan fingerprint density at radius 3 is 2.22 bits per heavy atom. The Labute approximate surface area is 209 Å². The highest BCUT2D eigenvalue weighted by atomic mass is 19.4. The lowest BCUT2D eigenvalue weighted by atomic mass is 10.1. The summed E-state index contributed by atoms with van der Waals surface area (Å²) in [5.74, 6) is -2.55. The summed E-state index contributed by atoms with van der Waals surface area (Å²) < 4.78 is 62.1. The standard InChI is InChI=1S/C27H22F3NO6/c1-3-16-4-6-17(7-5-16)31-23(32)15-35-20-12-13-21-22(14-20)37-26(27(28,29)30)25(24(21)33)36-19-10-8-18(34-2)9-11-19/h4-14H,3,15H2,1-2H3,(H,31,32). The monoisotopic (exact) mass is 513 g/mol. The second-order valence-corrected chi connectivity index (χ2v) is 7.91. The third-order valence-electron chi connectivity index (χ3n) is 5.37. The van der Waals surface area contributed by atoms with E-state index in [-0.39, 0.29) is 22.5 Å². The molecule has 1 heterocycles. The number of fused-ring (bicyclic) bond motifs is 1. The van der Waals surface area contributed by atoms with E-state index in [9.17, 15) is 22.8 Å². The maximum Gasteiger partial charge on any atom is 0.453 e. The van der Waals surface area contributed by atoms with Gasteiger partial charge in [-0.15, -0.1) is 0 Å². The number of methoxy groups -OCH3 is 1. The fraction of sp³-hybridized carbons (Fsp3) is 0.185. The molecule has 10 heteroatoms. The molecule has 192 valence electrons. The molecule has 0 radical (unpaired) electrons. The maximum absolute atomic E-state index is 13.8. The molecule has 7 nitrogen and oxygen atoms in total. The molecule has 1 aromatic heterocycles. The Bertz CT molecular complexity index is 1460. The first-order valence-electron chi connectivity index (χ1n) is 11.2. The third kappa shape index (κ3) is 6.03. The number of aryl methyl sites for hydroxylation is 1. The van der Waals surface area contributed by atoms with Crippen LogP contribution < -0.4 is 25.0 Å². The van der Waals surface area contributed by atoms with Gasteiger partial charge in [0.05, 0.1) is 12.5 Å². The number of hydrogen-bond acceptors (Lipinski definition) is 6. The molecule has 0 unspecified atom stereocenters. The number of benzene rings is 3. The van der Waals surface area contributed by atoms with Gasteiger partial charge in [-0.25, -0.2) is 0 Å². The Kier molecular flexibility index (Phi) is 7.37. The van der Waals surface area contributed by atoms with Crippen LogP contribution in [-0.4, -0.2) is 19.6 Å². The Balaban J connectivity index is 1.56. The number of nitrogens with one attached hydrogen (secondary N) is 1. The van der Waals surface area contributed by atoms with Crippen molar-refractivity contribution in [2.24, 2.45) is 0 Å². The van der Waals surface area contributed by atoms with Gasteiger partial charge in [-0.1, -0.05) is 19.1 Å². The van der Waals surface area contributed by atoms with Crippen molar-refractivity contribution in [3.8, 4) is 23.0 Å². The van der Waals surface area contributed by atoms with Crippen LogP contribution in [0.25, 0.3) is 11.0 Å². The molecule has 0 bridgehead atoms. The zero-order valence-electron chi connectivity index (χ0n) is 19.8. The fourth-order valence-corrected chi connectivity index (χ4v) is 3.46.